The Morgan fingerprint density at radius 2 is 2.10 bits per heavy atom. The highest BCUT2D eigenvalue weighted by atomic mass is 32.2. The molecule has 6 heteroatoms. The average molecular weight is 310 g/mol. The van der Waals surface area contributed by atoms with E-state index in [2.05, 4.69) is 13.0 Å². The van der Waals surface area contributed by atoms with Gasteiger partial charge in [-0.15, -0.1) is 0 Å². The summed E-state index contributed by atoms with van der Waals surface area (Å²) < 4.78 is 26.7. The van der Waals surface area contributed by atoms with Crippen LogP contribution in [0.25, 0.3) is 0 Å². The highest BCUT2D eigenvalue weighted by Gasteiger charge is 2.29. The molecule has 0 spiro atoms. The van der Waals surface area contributed by atoms with E-state index in [1.54, 1.807) is 28.6 Å². The van der Waals surface area contributed by atoms with Gasteiger partial charge in [0.2, 0.25) is 10.0 Å². The van der Waals surface area contributed by atoms with Crippen molar-refractivity contribution >= 4 is 21.8 Å². The minimum absolute atomic E-state index is 0.304. The molecular weight excluding hydrogens is 292 g/mol. The van der Waals surface area contributed by atoms with Crippen LogP contribution in [0.2, 0.25) is 0 Å². The first kappa shape index (κ1) is 15.4. The first-order valence-corrected chi connectivity index (χ1v) is 9.14. The van der Waals surface area contributed by atoms with Crippen molar-refractivity contribution in [1.29, 1.82) is 5.26 Å². The third-order valence-electron chi connectivity index (χ3n) is 3.40. The van der Waals surface area contributed by atoms with Crippen LogP contribution in [0, 0.1) is 11.3 Å². The molecule has 1 aromatic rings. The molecule has 0 radical (unpaired) electrons. The molecule has 108 valence electrons. The number of hydrogen-bond acceptors (Lipinski definition) is 4. The topological polar surface area (TPSA) is 61.2 Å². The van der Waals surface area contributed by atoms with Gasteiger partial charge in [0.25, 0.3) is 0 Å². The van der Waals surface area contributed by atoms with E-state index >= 15 is 0 Å². The highest BCUT2D eigenvalue weighted by molar-refractivity contribution is 8.00. The molecule has 1 atom stereocenters. The zero-order chi connectivity index (χ0) is 14.6. The van der Waals surface area contributed by atoms with Crippen molar-refractivity contribution < 1.29 is 8.42 Å². The second-order valence-electron chi connectivity index (χ2n) is 4.74. The van der Waals surface area contributed by atoms with Gasteiger partial charge >= 0.3 is 0 Å². The lowest BCUT2D eigenvalue weighted by Gasteiger charge is -2.31. The Morgan fingerprint density at radius 1 is 1.40 bits per heavy atom. The molecule has 1 unspecified atom stereocenters. The van der Waals surface area contributed by atoms with Crippen molar-refractivity contribution in [3.05, 3.63) is 29.8 Å². The first-order chi connectivity index (χ1) is 9.57. The van der Waals surface area contributed by atoms with Gasteiger partial charge in [-0.1, -0.05) is 19.1 Å². The third-order valence-corrected chi connectivity index (χ3v) is 6.65. The molecule has 0 aliphatic carbocycles. The average Bonchev–Trinajstić information content (AvgIpc) is 2.48. The molecule has 1 aliphatic heterocycles. The van der Waals surface area contributed by atoms with E-state index in [-0.39, 0.29) is 0 Å². The van der Waals surface area contributed by atoms with Crippen molar-refractivity contribution in [2.75, 3.05) is 18.8 Å². The maximum atomic E-state index is 12.6. The summed E-state index contributed by atoms with van der Waals surface area (Å²) in [5.74, 6) is 0.851. The number of nitrogens with zero attached hydrogens (tertiary/aromatic N) is 2. The van der Waals surface area contributed by atoms with Gasteiger partial charge in [0, 0.05) is 24.1 Å². The summed E-state index contributed by atoms with van der Waals surface area (Å²) in [6.45, 7) is 3.25. The van der Waals surface area contributed by atoms with Gasteiger partial charge in [-0.05, 0) is 24.1 Å². The Morgan fingerprint density at radius 3 is 2.70 bits per heavy atom. The fraction of sp³-hybridized carbons (Fsp3) is 0.500. The van der Waals surface area contributed by atoms with Gasteiger partial charge in [0.05, 0.1) is 17.4 Å². The van der Waals surface area contributed by atoms with Crippen LogP contribution in [0.5, 0.6) is 0 Å². The summed E-state index contributed by atoms with van der Waals surface area (Å²) in [5.41, 5.74) is 0.840. The molecule has 0 bridgehead atoms. The minimum Gasteiger partial charge on any atom is -0.207 e. The van der Waals surface area contributed by atoms with E-state index in [9.17, 15) is 8.42 Å². The number of hydrogen-bond donors (Lipinski definition) is 0. The Kier molecular flexibility index (Phi) is 5.08. The van der Waals surface area contributed by atoms with Crippen LogP contribution >= 0.6 is 11.8 Å². The monoisotopic (exact) mass is 310 g/mol. The quantitative estimate of drug-likeness (QED) is 0.856. The number of nitriles is 1. The molecule has 0 amide bonds. The van der Waals surface area contributed by atoms with Crippen molar-refractivity contribution in [3.63, 3.8) is 0 Å². The molecule has 1 heterocycles. The van der Waals surface area contributed by atoms with Crippen LogP contribution in [0.3, 0.4) is 0 Å². The van der Waals surface area contributed by atoms with Crippen LogP contribution in [0.4, 0.5) is 0 Å². The molecule has 1 aromatic carbocycles. The van der Waals surface area contributed by atoms with Crippen molar-refractivity contribution in [2.24, 2.45) is 0 Å². The maximum absolute atomic E-state index is 12.6. The predicted octanol–water partition coefficient (Wildman–Crippen LogP) is 2.27. The molecule has 2 rings (SSSR count). The van der Waals surface area contributed by atoms with Gasteiger partial charge in [0.15, 0.2) is 0 Å². The zero-order valence-electron chi connectivity index (χ0n) is 11.4. The largest absolute Gasteiger partial charge is 0.243 e. The van der Waals surface area contributed by atoms with E-state index in [4.69, 9.17) is 5.26 Å². The molecule has 0 saturated carbocycles. The second-order valence-corrected chi connectivity index (χ2v) is 8.09. The lowest BCUT2D eigenvalue weighted by molar-refractivity contribution is 0.416. The summed E-state index contributed by atoms with van der Waals surface area (Å²) in [4.78, 5) is 0.320. The van der Waals surface area contributed by atoms with Gasteiger partial charge in [-0.2, -0.15) is 21.3 Å². The summed E-state index contributed by atoms with van der Waals surface area (Å²) in [7, 11) is -3.40. The fourth-order valence-electron chi connectivity index (χ4n) is 2.18. The fourth-order valence-corrected chi connectivity index (χ4v) is 5.05. The molecule has 0 aromatic heterocycles. The predicted molar refractivity (Wildman–Crippen MR) is 81.1 cm³/mol. The second kappa shape index (κ2) is 6.61. The highest BCUT2D eigenvalue weighted by Crippen LogP contribution is 2.26. The van der Waals surface area contributed by atoms with Crippen LogP contribution in [0.15, 0.2) is 29.2 Å². The molecule has 4 nitrogen and oxygen atoms in total. The Hall–Kier alpha value is -1.03. The zero-order valence-corrected chi connectivity index (χ0v) is 13.1. The molecular formula is C14H18N2O2S2. The van der Waals surface area contributed by atoms with Gasteiger partial charge in [-0.3, -0.25) is 0 Å². The lowest BCUT2D eigenvalue weighted by atomic mass is 10.2. The SMILES string of the molecule is CCC1CN(S(=O)(=O)c2ccc(CC#N)cc2)CCS1. The van der Waals surface area contributed by atoms with E-state index in [1.807, 2.05) is 11.8 Å². The number of rotatable bonds is 4. The van der Waals surface area contributed by atoms with Gasteiger partial charge in [0.1, 0.15) is 0 Å². The van der Waals surface area contributed by atoms with Crippen LogP contribution in [-0.2, 0) is 16.4 Å². The van der Waals surface area contributed by atoms with E-state index in [0.29, 0.717) is 29.7 Å². The van der Waals surface area contributed by atoms with E-state index in [1.165, 1.54) is 0 Å². The van der Waals surface area contributed by atoms with Gasteiger partial charge in [-0.25, -0.2) is 8.42 Å². The van der Waals surface area contributed by atoms with Crippen molar-refractivity contribution in [3.8, 4) is 6.07 Å². The Balaban J connectivity index is 2.19. The molecule has 1 aliphatic rings. The molecule has 1 saturated heterocycles. The Labute approximate surface area is 124 Å². The number of sulfonamides is 1. The normalized spacial score (nSPS) is 20.5. The van der Waals surface area contributed by atoms with Crippen molar-refractivity contribution in [1.82, 2.24) is 4.31 Å². The summed E-state index contributed by atoms with van der Waals surface area (Å²) in [5, 5.41) is 9.02. The third kappa shape index (κ3) is 3.35. The van der Waals surface area contributed by atoms with E-state index < -0.39 is 10.0 Å². The first-order valence-electron chi connectivity index (χ1n) is 6.65. The summed E-state index contributed by atoms with van der Waals surface area (Å²) >= 11 is 1.85. The number of benzene rings is 1. The molecule has 1 fully saturated rings. The Bertz CT molecular complexity index is 591. The van der Waals surface area contributed by atoms with E-state index in [0.717, 1.165) is 17.7 Å². The van der Waals surface area contributed by atoms with Crippen LogP contribution in [-0.4, -0.2) is 36.8 Å². The maximum Gasteiger partial charge on any atom is 0.243 e. The molecule has 0 N–H and O–H groups in total. The smallest absolute Gasteiger partial charge is 0.207 e. The van der Waals surface area contributed by atoms with Crippen LogP contribution in [0.1, 0.15) is 18.9 Å². The summed E-state index contributed by atoms with van der Waals surface area (Å²) in [6.07, 6.45) is 1.29. The number of thioether (sulfide) groups is 1. The molecule has 20 heavy (non-hydrogen) atoms. The van der Waals surface area contributed by atoms with Crippen LogP contribution < -0.4 is 0 Å². The van der Waals surface area contributed by atoms with Gasteiger partial charge < -0.3 is 0 Å². The lowest BCUT2D eigenvalue weighted by Crippen LogP contribution is -2.41. The summed E-state index contributed by atoms with van der Waals surface area (Å²) in [6, 6.07) is 8.69. The standard InChI is InChI=1S/C14H18N2O2S2/c1-2-13-11-16(9-10-19-13)20(17,18)14-5-3-12(4-6-14)7-8-15/h3-6,13H,2,7,9-11H2,1H3. The van der Waals surface area contributed by atoms with Crippen molar-refractivity contribution in [2.45, 2.75) is 29.9 Å². The minimum atomic E-state index is -3.40.